The van der Waals surface area contributed by atoms with Crippen molar-refractivity contribution in [2.75, 3.05) is 17.3 Å². The van der Waals surface area contributed by atoms with Crippen LogP contribution in [0.25, 0.3) is 16.3 Å². The predicted molar refractivity (Wildman–Crippen MR) is 136 cm³/mol. The molecule has 0 atom stereocenters. The summed E-state index contributed by atoms with van der Waals surface area (Å²) in [5.74, 6) is -0.0168. The molecule has 0 saturated heterocycles. The van der Waals surface area contributed by atoms with Crippen LogP contribution in [0.2, 0.25) is 0 Å². The van der Waals surface area contributed by atoms with Crippen LogP contribution in [0, 0.1) is 13.8 Å². The van der Waals surface area contributed by atoms with E-state index in [1.54, 1.807) is 7.11 Å². The molecule has 1 N–H and O–H groups in total. The van der Waals surface area contributed by atoms with Gasteiger partial charge in [-0.25, -0.2) is 4.90 Å². The second kappa shape index (κ2) is 8.52. The van der Waals surface area contributed by atoms with Crippen molar-refractivity contribution in [3.05, 3.63) is 107 Å². The number of hydrogen-bond acceptors (Lipinski definition) is 4. The van der Waals surface area contributed by atoms with Crippen LogP contribution in [-0.4, -0.2) is 18.9 Å². The third kappa shape index (κ3) is 3.61. The molecule has 0 unspecified atom stereocenters. The zero-order valence-electron chi connectivity index (χ0n) is 19.3. The van der Waals surface area contributed by atoms with Crippen LogP contribution >= 0.6 is 0 Å². The fourth-order valence-electron chi connectivity index (χ4n) is 4.43. The van der Waals surface area contributed by atoms with Crippen molar-refractivity contribution >= 4 is 39.5 Å². The molecule has 4 aromatic rings. The van der Waals surface area contributed by atoms with Crippen LogP contribution in [0.4, 0.5) is 11.4 Å². The average molecular weight is 449 g/mol. The number of carbonyl (C=O) groups is 2. The van der Waals surface area contributed by atoms with Crippen molar-refractivity contribution in [2.24, 2.45) is 0 Å². The summed E-state index contributed by atoms with van der Waals surface area (Å²) >= 11 is 0. The summed E-state index contributed by atoms with van der Waals surface area (Å²) in [4.78, 5) is 29.0. The van der Waals surface area contributed by atoms with Crippen molar-refractivity contribution in [3.63, 3.8) is 0 Å². The highest BCUT2D eigenvalue weighted by Gasteiger charge is 2.41. The number of aryl methyl sites for hydroxylation is 2. The Balaban J connectivity index is 1.66. The Morgan fingerprint density at radius 3 is 2.26 bits per heavy atom. The number of carbonyl (C=O) groups excluding carboxylic acids is 2. The van der Waals surface area contributed by atoms with Gasteiger partial charge in [0, 0.05) is 11.1 Å². The molecule has 0 bridgehead atoms. The molecule has 5 rings (SSSR count). The molecule has 168 valence electrons. The van der Waals surface area contributed by atoms with E-state index in [2.05, 4.69) is 5.32 Å². The molecule has 0 radical (unpaired) electrons. The van der Waals surface area contributed by atoms with Gasteiger partial charge in [0.15, 0.2) is 0 Å². The molecule has 0 aromatic heterocycles. The Hall–Kier alpha value is -4.38. The van der Waals surface area contributed by atoms with E-state index in [1.807, 2.05) is 98.8 Å². The molecule has 0 fully saturated rings. The summed E-state index contributed by atoms with van der Waals surface area (Å²) in [5.41, 5.74) is 4.66. The van der Waals surface area contributed by atoms with E-state index in [0.717, 1.165) is 27.5 Å². The van der Waals surface area contributed by atoms with E-state index in [4.69, 9.17) is 4.74 Å². The molecule has 0 spiro atoms. The van der Waals surface area contributed by atoms with Gasteiger partial charge < -0.3 is 10.1 Å². The lowest BCUT2D eigenvalue weighted by Crippen LogP contribution is -2.32. The largest absolute Gasteiger partial charge is 0.497 e. The van der Waals surface area contributed by atoms with E-state index in [0.29, 0.717) is 22.7 Å². The minimum atomic E-state index is -0.382. The van der Waals surface area contributed by atoms with Gasteiger partial charge in [0.1, 0.15) is 11.4 Å². The summed E-state index contributed by atoms with van der Waals surface area (Å²) in [6, 6.07) is 26.5. The van der Waals surface area contributed by atoms with Gasteiger partial charge in [-0.3, -0.25) is 9.59 Å². The molecular formula is C29H24N2O3. The second-order valence-corrected chi connectivity index (χ2v) is 8.37. The maximum Gasteiger partial charge on any atom is 0.282 e. The Bertz CT molecular complexity index is 1460. The van der Waals surface area contributed by atoms with Crippen LogP contribution in [-0.2, 0) is 9.59 Å². The molecule has 5 nitrogen and oxygen atoms in total. The minimum absolute atomic E-state index is 0.259. The molecule has 34 heavy (non-hydrogen) atoms. The van der Waals surface area contributed by atoms with Crippen molar-refractivity contribution in [2.45, 2.75) is 13.8 Å². The van der Waals surface area contributed by atoms with Gasteiger partial charge in [0.2, 0.25) is 0 Å². The summed E-state index contributed by atoms with van der Waals surface area (Å²) in [5, 5.41) is 5.03. The number of anilines is 2. The first kappa shape index (κ1) is 21.5. The van der Waals surface area contributed by atoms with Crippen LogP contribution in [0.5, 0.6) is 5.75 Å². The number of benzene rings is 4. The lowest BCUT2D eigenvalue weighted by atomic mass is 9.97. The van der Waals surface area contributed by atoms with Crippen molar-refractivity contribution in [1.29, 1.82) is 0 Å². The first-order valence-corrected chi connectivity index (χ1v) is 11.1. The third-order valence-corrected chi connectivity index (χ3v) is 6.10. The Labute approximate surface area is 198 Å². The zero-order valence-corrected chi connectivity index (χ0v) is 19.3. The Kier molecular flexibility index (Phi) is 5.38. The maximum atomic E-state index is 13.9. The summed E-state index contributed by atoms with van der Waals surface area (Å²) < 4.78 is 5.24. The van der Waals surface area contributed by atoms with Crippen molar-refractivity contribution < 1.29 is 14.3 Å². The molecule has 1 aliphatic rings. The summed E-state index contributed by atoms with van der Waals surface area (Å²) in [6.07, 6.45) is 0. The number of rotatable bonds is 5. The molecule has 2 amide bonds. The van der Waals surface area contributed by atoms with Crippen molar-refractivity contribution in [3.8, 4) is 5.75 Å². The van der Waals surface area contributed by atoms with Gasteiger partial charge in [-0.15, -0.1) is 0 Å². The fourth-order valence-corrected chi connectivity index (χ4v) is 4.43. The Morgan fingerprint density at radius 1 is 0.794 bits per heavy atom. The van der Waals surface area contributed by atoms with Gasteiger partial charge >= 0.3 is 0 Å². The predicted octanol–water partition coefficient (Wildman–Crippen LogP) is 5.86. The number of hydrogen-bond donors (Lipinski definition) is 1. The number of imide groups is 1. The smallest absolute Gasteiger partial charge is 0.282 e. The highest BCUT2D eigenvalue weighted by Crippen LogP contribution is 2.38. The topological polar surface area (TPSA) is 58.6 Å². The van der Waals surface area contributed by atoms with E-state index in [-0.39, 0.29) is 17.5 Å². The second-order valence-electron chi connectivity index (χ2n) is 8.37. The molecule has 4 aromatic carbocycles. The molecule has 0 saturated carbocycles. The van der Waals surface area contributed by atoms with Crippen LogP contribution in [0.15, 0.2) is 90.6 Å². The zero-order chi connectivity index (χ0) is 23.8. The van der Waals surface area contributed by atoms with E-state index < -0.39 is 0 Å². The first-order chi connectivity index (χ1) is 16.5. The lowest BCUT2D eigenvalue weighted by molar-refractivity contribution is -0.120. The number of amides is 2. The first-order valence-electron chi connectivity index (χ1n) is 11.1. The minimum Gasteiger partial charge on any atom is -0.497 e. The molecule has 0 aliphatic carbocycles. The number of nitrogens with zero attached hydrogens (tertiary/aromatic N) is 1. The van der Waals surface area contributed by atoms with Crippen LogP contribution < -0.4 is 15.0 Å². The summed E-state index contributed by atoms with van der Waals surface area (Å²) in [6.45, 7) is 3.96. The Morgan fingerprint density at radius 2 is 1.53 bits per heavy atom. The van der Waals surface area contributed by atoms with Gasteiger partial charge in [0.25, 0.3) is 11.8 Å². The third-order valence-electron chi connectivity index (χ3n) is 6.10. The molecular weight excluding hydrogens is 424 g/mol. The van der Waals surface area contributed by atoms with Gasteiger partial charge in [0.05, 0.1) is 18.4 Å². The summed E-state index contributed by atoms with van der Waals surface area (Å²) in [7, 11) is 1.60. The SMILES string of the molecule is COc1ccc(NC2=C(c3ccc(C)cc3C)C(=O)N(c3cccc4ccccc34)C2=O)cc1. The van der Waals surface area contributed by atoms with E-state index >= 15 is 0 Å². The lowest BCUT2D eigenvalue weighted by Gasteiger charge is -2.18. The fraction of sp³-hybridized carbons (Fsp3) is 0.103. The number of ether oxygens (including phenoxy) is 1. The van der Waals surface area contributed by atoms with Gasteiger partial charge in [-0.1, -0.05) is 60.2 Å². The molecule has 1 aliphatic heterocycles. The number of nitrogens with one attached hydrogen (secondary N) is 1. The van der Waals surface area contributed by atoms with Crippen molar-refractivity contribution in [1.82, 2.24) is 0 Å². The van der Waals surface area contributed by atoms with E-state index in [9.17, 15) is 9.59 Å². The standard InChI is InChI=1S/C29H24N2O3/c1-18-11-16-23(19(2)17-18)26-27(30-21-12-14-22(34-3)15-13-21)29(33)31(28(26)32)25-10-6-8-20-7-4-5-9-24(20)25/h4-17,30H,1-3H3. The normalized spacial score (nSPS) is 13.7. The van der Waals surface area contributed by atoms with Gasteiger partial charge in [-0.05, 0) is 60.7 Å². The molecule has 5 heteroatoms. The number of methoxy groups -OCH3 is 1. The highest BCUT2D eigenvalue weighted by atomic mass is 16.5. The number of fused-ring (bicyclic) bond motifs is 1. The molecule has 1 heterocycles. The average Bonchev–Trinajstić information content (AvgIpc) is 3.08. The van der Waals surface area contributed by atoms with Crippen LogP contribution in [0.1, 0.15) is 16.7 Å². The maximum absolute atomic E-state index is 13.9. The van der Waals surface area contributed by atoms with E-state index in [1.165, 1.54) is 4.90 Å². The van der Waals surface area contributed by atoms with Gasteiger partial charge in [-0.2, -0.15) is 0 Å². The quantitative estimate of drug-likeness (QED) is 0.389. The van der Waals surface area contributed by atoms with Crippen LogP contribution in [0.3, 0.4) is 0 Å². The monoisotopic (exact) mass is 448 g/mol. The highest BCUT2D eigenvalue weighted by molar-refractivity contribution is 6.47.